The molecule has 1 aromatic rings. The van der Waals surface area contributed by atoms with Crippen LogP contribution in [0.1, 0.15) is 35.7 Å². The molecular formula is C16H20N2O3. The summed E-state index contributed by atoms with van der Waals surface area (Å²) in [5, 5.41) is 12.4. The molecule has 2 atom stereocenters. The molecule has 2 N–H and O–H groups in total. The van der Waals surface area contributed by atoms with Gasteiger partial charge in [0.15, 0.2) is 0 Å². The molecule has 0 radical (unpaired) electrons. The van der Waals surface area contributed by atoms with E-state index in [1.165, 1.54) is 0 Å². The number of rotatable bonds is 2. The van der Waals surface area contributed by atoms with Crippen molar-refractivity contribution in [3.8, 4) is 0 Å². The fourth-order valence-electron chi connectivity index (χ4n) is 3.34. The number of benzene rings is 1. The van der Waals surface area contributed by atoms with Crippen molar-refractivity contribution in [1.29, 1.82) is 0 Å². The largest absolute Gasteiger partial charge is 0.478 e. The number of fused-ring (bicyclic) bond motifs is 1. The summed E-state index contributed by atoms with van der Waals surface area (Å²) in [6.07, 6.45) is 2.49. The first-order chi connectivity index (χ1) is 10.1. The summed E-state index contributed by atoms with van der Waals surface area (Å²) in [5.41, 5.74) is 2.14. The third kappa shape index (κ3) is 2.65. The highest BCUT2D eigenvalue weighted by molar-refractivity contribution is 5.98. The molecule has 112 valence electrons. The number of carbonyl (C=O) groups is 2. The standard InChI is InChI=1S/C16H20N2O3/c1-10-8-12(4-6-17-10)15(19)18-7-5-11-9-13(16(20)21)2-3-14(11)18/h2-3,9-10,12,17H,4-8H2,1H3,(H,20,21). The van der Waals surface area contributed by atoms with Crippen LogP contribution in [0.25, 0.3) is 0 Å². The normalized spacial score (nSPS) is 24.7. The summed E-state index contributed by atoms with van der Waals surface area (Å²) in [6.45, 7) is 3.66. The van der Waals surface area contributed by atoms with Crippen molar-refractivity contribution >= 4 is 17.6 Å². The Hall–Kier alpha value is -1.88. The van der Waals surface area contributed by atoms with E-state index in [1.54, 1.807) is 18.2 Å². The average molecular weight is 288 g/mol. The number of hydrogen-bond acceptors (Lipinski definition) is 3. The first kappa shape index (κ1) is 14.1. The molecule has 0 spiro atoms. The number of nitrogens with zero attached hydrogens (tertiary/aromatic N) is 1. The lowest BCUT2D eigenvalue weighted by molar-refractivity contribution is -0.123. The predicted octanol–water partition coefficient (Wildman–Crippen LogP) is 1.66. The maximum Gasteiger partial charge on any atom is 0.335 e. The van der Waals surface area contributed by atoms with Gasteiger partial charge in [-0.2, -0.15) is 0 Å². The second-order valence-corrected chi connectivity index (χ2v) is 5.96. The van der Waals surface area contributed by atoms with Crippen LogP contribution in [-0.2, 0) is 11.2 Å². The summed E-state index contributed by atoms with van der Waals surface area (Å²) in [4.78, 5) is 25.6. The van der Waals surface area contributed by atoms with Crippen LogP contribution in [0.4, 0.5) is 5.69 Å². The predicted molar refractivity (Wildman–Crippen MR) is 79.6 cm³/mol. The minimum atomic E-state index is -0.922. The number of aromatic carboxylic acids is 1. The molecule has 2 aliphatic heterocycles. The summed E-state index contributed by atoms with van der Waals surface area (Å²) < 4.78 is 0. The summed E-state index contributed by atoms with van der Waals surface area (Å²) in [5.74, 6) is -0.661. The van der Waals surface area contributed by atoms with Crippen molar-refractivity contribution < 1.29 is 14.7 Å². The molecule has 0 saturated carbocycles. The molecule has 2 unspecified atom stereocenters. The van der Waals surface area contributed by atoms with Crippen LogP contribution < -0.4 is 10.2 Å². The molecule has 2 aliphatic rings. The van der Waals surface area contributed by atoms with Gasteiger partial charge in [0, 0.05) is 24.2 Å². The fourth-order valence-corrected chi connectivity index (χ4v) is 3.34. The first-order valence-electron chi connectivity index (χ1n) is 7.47. The van der Waals surface area contributed by atoms with E-state index in [0.29, 0.717) is 18.2 Å². The summed E-state index contributed by atoms with van der Waals surface area (Å²) in [6, 6.07) is 5.42. The molecule has 2 heterocycles. The molecule has 0 aromatic heterocycles. The quantitative estimate of drug-likeness (QED) is 0.868. The number of hydrogen-bond donors (Lipinski definition) is 2. The van der Waals surface area contributed by atoms with Crippen molar-refractivity contribution in [2.75, 3.05) is 18.0 Å². The van der Waals surface area contributed by atoms with Gasteiger partial charge in [-0.1, -0.05) is 0 Å². The molecule has 1 fully saturated rings. The molecule has 1 amide bonds. The molecule has 5 nitrogen and oxygen atoms in total. The summed E-state index contributed by atoms with van der Waals surface area (Å²) >= 11 is 0. The Labute approximate surface area is 123 Å². The Balaban J connectivity index is 1.80. The SMILES string of the molecule is CC1CC(C(=O)N2CCc3cc(C(=O)O)ccc32)CCN1. The van der Waals surface area contributed by atoms with Crippen LogP contribution >= 0.6 is 0 Å². The minimum Gasteiger partial charge on any atom is -0.478 e. The number of piperidine rings is 1. The second kappa shape index (κ2) is 5.48. The molecule has 5 heteroatoms. The Morgan fingerprint density at radius 1 is 1.38 bits per heavy atom. The summed E-state index contributed by atoms with van der Waals surface area (Å²) in [7, 11) is 0. The number of anilines is 1. The molecule has 0 bridgehead atoms. The molecule has 3 rings (SSSR count). The Morgan fingerprint density at radius 2 is 2.19 bits per heavy atom. The Kier molecular flexibility index (Phi) is 3.68. The molecule has 0 aliphatic carbocycles. The Morgan fingerprint density at radius 3 is 2.90 bits per heavy atom. The zero-order valence-corrected chi connectivity index (χ0v) is 12.1. The number of nitrogens with one attached hydrogen (secondary N) is 1. The Bertz CT molecular complexity index is 585. The highest BCUT2D eigenvalue weighted by atomic mass is 16.4. The number of carboxylic acid groups (broad SMARTS) is 1. The van der Waals surface area contributed by atoms with Gasteiger partial charge < -0.3 is 15.3 Å². The zero-order valence-electron chi connectivity index (χ0n) is 12.1. The highest BCUT2D eigenvalue weighted by Crippen LogP contribution is 2.31. The van der Waals surface area contributed by atoms with E-state index < -0.39 is 5.97 Å². The van der Waals surface area contributed by atoms with E-state index in [1.807, 2.05) is 4.90 Å². The smallest absolute Gasteiger partial charge is 0.335 e. The minimum absolute atomic E-state index is 0.0753. The van der Waals surface area contributed by atoms with Crippen LogP contribution in [0.3, 0.4) is 0 Å². The van der Waals surface area contributed by atoms with Crippen molar-refractivity contribution in [1.82, 2.24) is 5.32 Å². The van der Waals surface area contributed by atoms with E-state index in [0.717, 1.165) is 37.1 Å². The van der Waals surface area contributed by atoms with Crippen molar-refractivity contribution in [3.05, 3.63) is 29.3 Å². The van der Waals surface area contributed by atoms with Gasteiger partial charge in [0.1, 0.15) is 0 Å². The average Bonchev–Trinajstić information content (AvgIpc) is 2.89. The number of carboxylic acids is 1. The lowest BCUT2D eigenvalue weighted by atomic mass is 9.92. The van der Waals surface area contributed by atoms with Crippen molar-refractivity contribution in [3.63, 3.8) is 0 Å². The van der Waals surface area contributed by atoms with Gasteiger partial charge in [0.25, 0.3) is 0 Å². The van der Waals surface area contributed by atoms with Gasteiger partial charge in [-0.25, -0.2) is 4.79 Å². The topological polar surface area (TPSA) is 69.6 Å². The number of amides is 1. The van der Waals surface area contributed by atoms with Crippen LogP contribution in [0.5, 0.6) is 0 Å². The van der Waals surface area contributed by atoms with Gasteiger partial charge in [-0.3, -0.25) is 4.79 Å². The zero-order chi connectivity index (χ0) is 15.0. The maximum atomic E-state index is 12.7. The monoisotopic (exact) mass is 288 g/mol. The van der Waals surface area contributed by atoms with Gasteiger partial charge in [-0.15, -0.1) is 0 Å². The molecule has 21 heavy (non-hydrogen) atoms. The van der Waals surface area contributed by atoms with Crippen LogP contribution in [-0.4, -0.2) is 36.1 Å². The van der Waals surface area contributed by atoms with Crippen LogP contribution in [0.2, 0.25) is 0 Å². The maximum absolute atomic E-state index is 12.7. The highest BCUT2D eigenvalue weighted by Gasteiger charge is 2.32. The van der Waals surface area contributed by atoms with Gasteiger partial charge in [0.05, 0.1) is 5.56 Å². The molecule has 1 saturated heterocycles. The van der Waals surface area contributed by atoms with Crippen molar-refractivity contribution in [2.45, 2.75) is 32.2 Å². The first-order valence-corrected chi connectivity index (χ1v) is 7.47. The van der Waals surface area contributed by atoms with Crippen molar-refractivity contribution in [2.24, 2.45) is 5.92 Å². The lowest BCUT2D eigenvalue weighted by Crippen LogP contribution is -2.43. The third-order valence-electron chi connectivity index (χ3n) is 4.46. The lowest BCUT2D eigenvalue weighted by Gasteiger charge is -2.30. The van der Waals surface area contributed by atoms with E-state index >= 15 is 0 Å². The fraction of sp³-hybridized carbons (Fsp3) is 0.500. The van der Waals surface area contributed by atoms with Gasteiger partial charge >= 0.3 is 5.97 Å². The number of carbonyl (C=O) groups excluding carboxylic acids is 1. The molecular weight excluding hydrogens is 268 g/mol. The van der Waals surface area contributed by atoms with Crippen LogP contribution in [0.15, 0.2) is 18.2 Å². The second-order valence-electron chi connectivity index (χ2n) is 5.96. The van der Waals surface area contributed by atoms with Crippen LogP contribution in [0, 0.1) is 5.92 Å². The van der Waals surface area contributed by atoms with E-state index in [9.17, 15) is 9.59 Å². The van der Waals surface area contributed by atoms with E-state index in [4.69, 9.17) is 5.11 Å². The van der Waals surface area contributed by atoms with E-state index in [-0.39, 0.29) is 11.8 Å². The molecule has 1 aromatic carbocycles. The van der Waals surface area contributed by atoms with Gasteiger partial charge in [0.2, 0.25) is 5.91 Å². The third-order valence-corrected chi connectivity index (χ3v) is 4.46. The van der Waals surface area contributed by atoms with Gasteiger partial charge in [-0.05, 0) is 56.5 Å². The van der Waals surface area contributed by atoms with E-state index in [2.05, 4.69) is 12.2 Å².